The molecule has 0 heterocycles. The molecule has 1 rings (SSSR count). The first-order valence-corrected chi connectivity index (χ1v) is 4.21. The van der Waals surface area contributed by atoms with Gasteiger partial charge in [-0.25, -0.2) is 0 Å². The molecule has 0 saturated carbocycles. The van der Waals surface area contributed by atoms with Crippen molar-refractivity contribution in [3.8, 4) is 11.5 Å². The zero-order valence-electron chi connectivity index (χ0n) is 7.78. The van der Waals surface area contributed by atoms with Gasteiger partial charge >= 0.3 is 0 Å². The molecule has 3 heteroatoms. The zero-order valence-corrected chi connectivity index (χ0v) is 7.78. The van der Waals surface area contributed by atoms with Gasteiger partial charge < -0.3 is 15.3 Å². The molecular weight excluding hydrogens is 168 g/mol. The second kappa shape index (κ2) is 3.66. The second-order valence-corrected chi connectivity index (χ2v) is 3.29. The van der Waals surface area contributed by atoms with E-state index in [2.05, 4.69) is 0 Å². The molecular formula is C10H14O3. The van der Waals surface area contributed by atoms with Crippen LogP contribution in [0.1, 0.15) is 18.1 Å². The van der Waals surface area contributed by atoms with Crippen LogP contribution in [-0.2, 0) is 6.42 Å². The number of hydrogen-bond donors (Lipinski definition) is 3. The Morgan fingerprint density at radius 3 is 2.38 bits per heavy atom. The highest BCUT2D eigenvalue weighted by atomic mass is 16.3. The van der Waals surface area contributed by atoms with Gasteiger partial charge in [-0.3, -0.25) is 0 Å². The van der Waals surface area contributed by atoms with Crippen molar-refractivity contribution in [3.63, 3.8) is 0 Å². The van der Waals surface area contributed by atoms with Crippen molar-refractivity contribution in [1.82, 2.24) is 0 Å². The number of phenolic OH excluding ortho intramolecular Hbond substituents is 2. The fraction of sp³-hybridized carbons (Fsp3) is 0.400. The highest BCUT2D eigenvalue weighted by molar-refractivity contribution is 5.49. The Morgan fingerprint density at radius 1 is 1.23 bits per heavy atom. The van der Waals surface area contributed by atoms with Crippen LogP contribution in [-0.4, -0.2) is 21.4 Å². The summed E-state index contributed by atoms with van der Waals surface area (Å²) in [5.74, 6) is -0.223. The summed E-state index contributed by atoms with van der Waals surface area (Å²) in [4.78, 5) is 0. The molecule has 0 spiro atoms. The molecule has 0 aliphatic carbocycles. The fourth-order valence-electron chi connectivity index (χ4n) is 1.21. The molecule has 0 aliphatic rings. The standard InChI is InChI=1S/C10H14O3/c1-6-3-4-8(5-7(2)11)10(13)9(6)12/h3-4,7,11-13H,5H2,1-2H3. The van der Waals surface area contributed by atoms with Crippen LogP contribution >= 0.6 is 0 Å². The number of hydrogen-bond acceptors (Lipinski definition) is 3. The average molecular weight is 182 g/mol. The molecule has 0 aromatic heterocycles. The van der Waals surface area contributed by atoms with Crippen molar-refractivity contribution in [2.75, 3.05) is 0 Å². The van der Waals surface area contributed by atoms with E-state index in [1.807, 2.05) is 0 Å². The van der Waals surface area contributed by atoms with Crippen LogP contribution in [0.2, 0.25) is 0 Å². The maximum atomic E-state index is 9.47. The summed E-state index contributed by atoms with van der Waals surface area (Å²) in [7, 11) is 0. The first kappa shape index (κ1) is 9.86. The average Bonchev–Trinajstić information content (AvgIpc) is 2.06. The molecule has 1 aromatic rings. The molecule has 0 bridgehead atoms. The molecule has 3 N–H and O–H groups in total. The highest BCUT2D eigenvalue weighted by Crippen LogP contribution is 2.32. The number of phenols is 2. The van der Waals surface area contributed by atoms with Gasteiger partial charge in [-0.1, -0.05) is 12.1 Å². The highest BCUT2D eigenvalue weighted by Gasteiger charge is 2.10. The predicted octanol–water partition coefficient (Wildman–Crippen LogP) is 1.33. The molecule has 1 atom stereocenters. The van der Waals surface area contributed by atoms with Gasteiger partial charge in [0.15, 0.2) is 11.5 Å². The SMILES string of the molecule is Cc1ccc(CC(C)O)c(O)c1O. The van der Waals surface area contributed by atoms with E-state index in [1.165, 1.54) is 0 Å². The van der Waals surface area contributed by atoms with Gasteiger partial charge in [-0.2, -0.15) is 0 Å². The third kappa shape index (κ3) is 2.12. The lowest BCUT2D eigenvalue weighted by molar-refractivity contribution is 0.194. The van der Waals surface area contributed by atoms with E-state index in [1.54, 1.807) is 26.0 Å². The second-order valence-electron chi connectivity index (χ2n) is 3.29. The Labute approximate surface area is 77.3 Å². The molecule has 1 aromatic carbocycles. The third-order valence-corrected chi connectivity index (χ3v) is 1.95. The van der Waals surface area contributed by atoms with E-state index in [-0.39, 0.29) is 11.5 Å². The third-order valence-electron chi connectivity index (χ3n) is 1.95. The predicted molar refractivity (Wildman–Crippen MR) is 49.9 cm³/mol. The van der Waals surface area contributed by atoms with Gasteiger partial charge in [-0.05, 0) is 19.4 Å². The Kier molecular flexibility index (Phi) is 2.78. The molecule has 0 amide bonds. The van der Waals surface area contributed by atoms with Gasteiger partial charge in [0.25, 0.3) is 0 Å². The maximum Gasteiger partial charge on any atom is 0.161 e. The Bertz CT molecular complexity index is 305. The number of aliphatic hydroxyl groups excluding tert-OH is 1. The summed E-state index contributed by atoms with van der Waals surface area (Å²) in [6, 6.07) is 3.42. The maximum absolute atomic E-state index is 9.47. The quantitative estimate of drug-likeness (QED) is 0.605. The number of aliphatic hydroxyl groups is 1. The molecule has 0 saturated heterocycles. The van der Waals surface area contributed by atoms with Crippen LogP contribution in [0.15, 0.2) is 12.1 Å². The van der Waals surface area contributed by atoms with Gasteiger partial charge in [0, 0.05) is 12.0 Å². The normalized spacial score (nSPS) is 12.8. The summed E-state index contributed by atoms with van der Waals surface area (Å²) in [6.45, 7) is 3.34. The lowest BCUT2D eigenvalue weighted by atomic mass is 10.0. The minimum absolute atomic E-state index is 0.0989. The lowest BCUT2D eigenvalue weighted by Crippen LogP contribution is -2.04. The van der Waals surface area contributed by atoms with Gasteiger partial charge in [0.05, 0.1) is 6.10 Å². The smallest absolute Gasteiger partial charge is 0.161 e. The number of benzene rings is 1. The van der Waals surface area contributed by atoms with Crippen LogP contribution in [0.25, 0.3) is 0 Å². The molecule has 3 nitrogen and oxygen atoms in total. The van der Waals surface area contributed by atoms with Gasteiger partial charge in [0.1, 0.15) is 0 Å². The van der Waals surface area contributed by atoms with E-state index >= 15 is 0 Å². The minimum atomic E-state index is -0.520. The van der Waals surface area contributed by atoms with Crippen LogP contribution < -0.4 is 0 Å². The van der Waals surface area contributed by atoms with E-state index in [9.17, 15) is 10.2 Å². The van der Waals surface area contributed by atoms with Crippen LogP contribution in [0.4, 0.5) is 0 Å². The van der Waals surface area contributed by atoms with Crippen LogP contribution in [0.3, 0.4) is 0 Å². The molecule has 0 radical (unpaired) electrons. The van der Waals surface area contributed by atoms with Gasteiger partial charge in [0.2, 0.25) is 0 Å². The van der Waals surface area contributed by atoms with Crippen molar-refractivity contribution in [3.05, 3.63) is 23.3 Å². The summed E-state index contributed by atoms with van der Waals surface area (Å²) < 4.78 is 0. The van der Waals surface area contributed by atoms with Crippen molar-refractivity contribution >= 4 is 0 Å². The minimum Gasteiger partial charge on any atom is -0.504 e. The largest absolute Gasteiger partial charge is 0.504 e. The number of aromatic hydroxyl groups is 2. The fourth-order valence-corrected chi connectivity index (χ4v) is 1.21. The van der Waals surface area contributed by atoms with Gasteiger partial charge in [-0.15, -0.1) is 0 Å². The molecule has 13 heavy (non-hydrogen) atoms. The molecule has 72 valence electrons. The number of rotatable bonds is 2. The topological polar surface area (TPSA) is 60.7 Å². The van der Waals surface area contributed by atoms with Crippen LogP contribution in [0, 0.1) is 6.92 Å². The summed E-state index contributed by atoms with van der Waals surface area (Å²) >= 11 is 0. The summed E-state index contributed by atoms with van der Waals surface area (Å²) in [5.41, 5.74) is 1.20. The Hall–Kier alpha value is -1.22. The lowest BCUT2D eigenvalue weighted by Gasteiger charge is -2.09. The first-order chi connectivity index (χ1) is 6.02. The van der Waals surface area contributed by atoms with Crippen molar-refractivity contribution in [1.29, 1.82) is 0 Å². The Balaban J connectivity index is 3.04. The van der Waals surface area contributed by atoms with Crippen molar-refractivity contribution in [2.45, 2.75) is 26.4 Å². The molecule has 0 aliphatic heterocycles. The van der Waals surface area contributed by atoms with E-state index < -0.39 is 6.10 Å². The molecule has 0 fully saturated rings. The van der Waals surface area contributed by atoms with Crippen molar-refractivity contribution < 1.29 is 15.3 Å². The molecule has 1 unspecified atom stereocenters. The number of aryl methyl sites for hydroxylation is 1. The zero-order chi connectivity index (χ0) is 10.0. The Morgan fingerprint density at radius 2 is 1.85 bits per heavy atom. The first-order valence-electron chi connectivity index (χ1n) is 4.21. The van der Waals surface area contributed by atoms with E-state index in [0.717, 1.165) is 0 Å². The van der Waals surface area contributed by atoms with Crippen molar-refractivity contribution in [2.24, 2.45) is 0 Å². The van der Waals surface area contributed by atoms with E-state index in [4.69, 9.17) is 5.11 Å². The van der Waals surface area contributed by atoms with Crippen LogP contribution in [0.5, 0.6) is 11.5 Å². The summed E-state index contributed by atoms with van der Waals surface area (Å²) in [5, 5.41) is 27.9. The summed E-state index contributed by atoms with van der Waals surface area (Å²) in [6.07, 6.45) is -0.173. The van der Waals surface area contributed by atoms with E-state index in [0.29, 0.717) is 17.5 Å². The monoisotopic (exact) mass is 182 g/mol.